The van der Waals surface area contributed by atoms with Gasteiger partial charge in [0.2, 0.25) is 0 Å². The molecule has 94 valence electrons. The lowest BCUT2D eigenvalue weighted by Gasteiger charge is -2.37. The van der Waals surface area contributed by atoms with Gasteiger partial charge in [-0.25, -0.2) is 8.42 Å². The van der Waals surface area contributed by atoms with Crippen LogP contribution in [0.4, 0.5) is 0 Å². The number of hydrogen-bond donors (Lipinski definition) is 2. The molecular formula is C11H22N2O2S. The van der Waals surface area contributed by atoms with Crippen LogP contribution in [0, 0.1) is 11.8 Å². The van der Waals surface area contributed by atoms with Crippen LogP contribution in [0.2, 0.25) is 0 Å². The van der Waals surface area contributed by atoms with E-state index in [0.717, 1.165) is 31.2 Å². The lowest BCUT2D eigenvalue weighted by molar-refractivity contribution is 0.320. The zero-order valence-electron chi connectivity index (χ0n) is 9.91. The smallest absolute Gasteiger partial charge is 0.152 e. The molecule has 0 aromatic heterocycles. The maximum Gasteiger partial charge on any atom is 0.152 e. The van der Waals surface area contributed by atoms with Crippen LogP contribution in [0.5, 0.6) is 0 Å². The molecule has 1 saturated carbocycles. The molecule has 4 nitrogen and oxygen atoms in total. The van der Waals surface area contributed by atoms with Crippen molar-refractivity contribution < 1.29 is 8.42 Å². The van der Waals surface area contributed by atoms with E-state index in [4.69, 9.17) is 5.73 Å². The van der Waals surface area contributed by atoms with E-state index in [2.05, 4.69) is 12.2 Å². The largest absolute Gasteiger partial charge is 0.329 e. The molecule has 3 N–H and O–H groups in total. The summed E-state index contributed by atoms with van der Waals surface area (Å²) in [6.45, 7) is 3.58. The molecule has 0 bridgehead atoms. The first kappa shape index (κ1) is 12.3. The molecule has 0 spiro atoms. The van der Waals surface area contributed by atoms with Crippen molar-refractivity contribution in [3.8, 4) is 0 Å². The molecule has 2 aliphatic rings. The molecule has 0 aromatic carbocycles. The van der Waals surface area contributed by atoms with Crippen LogP contribution in [-0.4, -0.2) is 38.6 Å². The molecule has 5 heteroatoms. The molecular weight excluding hydrogens is 224 g/mol. The van der Waals surface area contributed by atoms with Crippen molar-refractivity contribution >= 4 is 9.84 Å². The highest BCUT2D eigenvalue weighted by atomic mass is 32.2. The predicted octanol–water partition coefficient (Wildman–Crippen LogP) is 0.138. The van der Waals surface area contributed by atoms with E-state index in [0.29, 0.717) is 12.3 Å². The molecule has 1 saturated heterocycles. The highest BCUT2D eigenvalue weighted by Crippen LogP contribution is 2.37. The van der Waals surface area contributed by atoms with E-state index < -0.39 is 9.84 Å². The third-order valence-electron chi connectivity index (χ3n) is 4.01. The van der Waals surface area contributed by atoms with Crippen molar-refractivity contribution in [1.29, 1.82) is 0 Å². The maximum absolute atomic E-state index is 11.7. The summed E-state index contributed by atoms with van der Waals surface area (Å²) >= 11 is 0. The Morgan fingerprint density at radius 3 is 2.69 bits per heavy atom. The van der Waals surface area contributed by atoms with Crippen molar-refractivity contribution in [2.75, 3.05) is 24.6 Å². The van der Waals surface area contributed by atoms with Crippen LogP contribution in [0.15, 0.2) is 0 Å². The lowest BCUT2D eigenvalue weighted by Crippen LogP contribution is -2.58. The van der Waals surface area contributed by atoms with Gasteiger partial charge < -0.3 is 11.1 Å². The average Bonchev–Trinajstić information content (AvgIpc) is 2.90. The molecule has 0 amide bonds. The molecule has 3 unspecified atom stereocenters. The molecule has 16 heavy (non-hydrogen) atoms. The standard InChI is InChI=1S/C11H22N2O2S/c1-9-5-10(9)6-13-11(7-12)3-2-4-16(14,15)8-11/h9-10,13H,2-8,12H2,1H3. The summed E-state index contributed by atoms with van der Waals surface area (Å²) in [6.07, 6.45) is 2.90. The minimum atomic E-state index is -2.89. The van der Waals surface area contributed by atoms with Gasteiger partial charge >= 0.3 is 0 Å². The third kappa shape index (κ3) is 2.76. The summed E-state index contributed by atoms with van der Waals surface area (Å²) in [4.78, 5) is 0. The summed E-state index contributed by atoms with van der Waals surface area (Å²) in [6, 6.07) is 0. The van der Waals surface area contributed by atoms with Crippen molar-refractivity contribution in [2.45, 2.75) is 31.7 Å². The minimum Gasteiger partial charge on any atom is -0.329 e. The number of nitrogens with two attached hydrogens (primary N) is 1. The number of hydrogen-bond acceptors (Lipinski definition) is 4. The van der Waals surface area contributed by atoms with Crippen LogP contribution in [0.1, 0.15) is 26.2 Å². The van der Waals surface area contributed by atoms with Gasteiger partial charge in [0.25, 0.3) is 0 Å². The SMILES string of the molecule is CC1CC1CNC1(CN)CCCS(=O)(=O)C1. The normalized spacial score (nSPS) is 41.9. The predicted molar refractivity (Wildman–Crippen MR) is 64.9 cm³/mol. The lowest BCUT2D eigenvalue weighted by atomic mass is 9.95. The molecule has 0 radical (unpaired) electrons. The summed E-state index contributed by atoms with van der Waals surface area (Å²) in [5.74, 6) is 2.07. The van der Waals surface area contributed by atoms with Crippen LogP contribution >= 0.6 is 0 Å². The first-order valence-electron chi connectivity index (χ1n) is 6.12. The van der Waals surface area contributed by atoms with Gasteiger partial charge in [-0.05, 0) is 37.6 Å². The number of nitrogens with one attached hydrogen (secondary N) is 1. The minimum absolute atomic E-state index is 0.220. The summed E-state index contributed by atoms with van der Waals surface area (Å²) < 4.78 is 23.3. The molecule has 0 aromatic rings. The van der Waals surface area contributed by atoms with E-state index in [1.807, 2.05) is 0 Å². The van der Waals surface area contributed by atoms with Gasteiger partial charge in [0.05, 0.1) is 11.5 Å². The van der Waals surface area contributed by atoms with Gasteiger partial charge in [-0.3, -0.25) is 0 Å². The second kappa shape index (κ2) is 4.27. The Kier molecular flexibility index (Phi) is 3.29. The second-order valence-electron chi connectivity index (χ2n) is 5.53. The molecule has 2 rings (SSSR count). The Morgan fingerprint density at radius 1 is 1.50 bits per heavy atom. The Morgan fingerprint density at radius 2 is 2.19 bits per heavy atom. The van der Waals surface area contributed by atoms with Crippen molar-refractivity contribution in [3.63, 3.8) is 0 Å². The monoisotopic (exact) mass is 246 g/mol. The molecule has 1 aliphatic carbocycles. The third-order valence-corrected chi connectivity index (χ3v) is 5.92. The fraction of sp³-hybridized carbons (Fsp3) is 1.00. The van der Waals surface area contributed by atoms with Crippen molar-refractivity contribution in [1.82, 2.24) is 5.32 Å². The molecule has 1 aliphatic heterocycles. The summed E-state index contributed by atoms with van der Waals surface area (Å²) in [7, 11) is -2.89. The second-order valence-corrected chi connectivity index (χ2v) is 7.72. The van der Waals surface area contributed by atoms with Gasteiger partial charge in [-0.2, -0.15) is 0 Å². The topological polar surface area (TPSA) is 72.2 Å². The number of rotatable bonds is 4. The highest BCUT2D eigenvalue weighted by Gasteiger charge is 2.40. The van der Waals surface area contributed by atoms with Crippen molar-refractivity contribution in [3.05, 3.63) is 0 Å². The first-order chi connectivity index (χ1) is 7.46. The Bertz CT molecular complexity index is 355. The zero-order chi connectivity index (χ0) is 11.8. The van der Waals surface area contributed by atoms with Gasteiger partial charge in [0, 0.05) is 12.1 Å². The van der Waals surface area contributed by atoms with Crippen LogP contribution in [0.25, 0.3) is 0 Å². The first-order valence-corrected chi connectivity index (χ1v) is 7.94. The Hall–Kier alpha value is -0.130. The van der Waals surface area contributed by atoms with Crippen molar-refractivity contribution in [2.24, 2.45) is 17.6 Å². The van der Waals surface area contributed by atoms with E-state index in [1.165, 1.54) is 6.42 Å². The Labute approximate surface area is 97.9 Å². The maximum atomic E-state index is 11.7. The highest BCUT2D eigenvalue weighted by molar-refractivity contribution is 7.91. The van der Waals surface area contributed by atoms with E-state index >= 15 is 0 Å². The van der Waals surface area contributed by atoms with Gasteiger partial charge in [-0.1, -0.05) is 6.92 Å². The van der Waals surface area contributed by atoms with Crippen LogP contribution in [-0.2, 0) is 9.84 Å². The molecule has 3 atom stereocenters. The average molecular weight is 246 g/mol. The van der Waals surface area contributed by atoms with Gasteiger partial charge in [0.1, 0.15) is 0 Å². The van der Waals surface area contributed by atoms with E-state index in [-0.39, 0.29) is 11.3 Å². The zero-order valence-corrected chi connectivity index (χ0v) is 10.7. The fourth-order valence-electron chi connectivity index (χ4n) is 2.60. The number of sulfone groups is 1. The van der Waals surface area contributed by atoms with Crippen LogP contribution in [0.3, 0.4) is 0 Å². The van der Waals surface area contributed by atoms with Crippen LogP contribution < -0.4 is 11.1 Å². The van der Waals surface area contributed by atoms with E-state index in [9.17, 15) is 8.42 Å². The summed E-state index contributed by atoms with van der Waals surface area (Å²) in [5.41, 5.74) is 5.43. The molecule has 2 fully saturated rings. The molecule has 1 heterocycles. The van der Waals surface area contributed by atoms with Gasteiger partial charge in [0.15, 0.2) is 9.84 Å². The van der Waals surface area contributed by atoms with Gasteiger partial charge in [-0.15, -0.1) is 0 Å². The quantitative estimate of drug-likeness (QED) is 0.740. The van der Waals surface area contributed by atoms with E-state index in [1.54, 1.807) is 0 Å². The fourth-order valence-corrected chi connectivity index (χ4v) is 4.53. The summed E-state index contributed by atoms with van der Waals surface area (Å²) in [5, 5.41) is 3.43. The Balaban J connectivity index is 1.95.